The number of hydrogen-bond donors (Lipinski definition) is 1. The lowest BCUT2D eigenvalue weighted by Crippen LogP contribution is -2.48. The number of nitrogens with zero attached hydrogens (tertiary/aromatic N) is 1. The fourth-order valence-electron chi connectivity index (χ4n) is 3.75. The first-order valence-electron chi connectivity index (χ1n) is 7.08. The maximum absolute atomic E-state index is 12.4. The Bertz CT molecular complexity index is 761. The molecule has 4 rings (SSSR count). The van der Waals surface area contributed by atoms with Gasteiger partial charge in [0.15, 0.2) is 0 Å². The van der Waals surface area contributed by atoms with Crippen LogP contribution in [0.2, 0.25) is 0 Å². The van der Waals surface area contributed by atoms with Gasteiger partial charge in [0, 0.05) is 10.9 Å². The Morgan fingerprint density at radius 1 is 1.25 bits per heavy atom. The van der Waals surface area contributed by atoms with Crippen molar-refractivity contribution in [2.75, 3.05) is 4.90 Å². The molecule has 1 amide bonds. The molecule has 0 bridgehead atoms. The van der Waals surface area contributed by atoms with E-state index >= 15 is 0 Å². The number of carbonyl (C=O) groups is 1. The number of aromatic hydroxyl groups is 1. The molecular formula is C17H17NO2. The number of benzene rings is 2. The highest BCUT2D eigenvalue weighted by atomic mass is 16.3. The predicted molar refractivity (Wildman–Crippen MR) is 79.2 cm³/mol. The fraction of sp³-hybridized carbons (Fsp3) is 0.353. The number of carbonyl (C=O) groups excluding carboxylic acids is 1. The fourth-order valence-corrected chi connectivity index (χ4v) is 3.75. The molecule has 3 nitrogen and oxygen atoms in total. The van der Waals surface area contributed by atoms with Crippen molar-refractivity contribution >= 4 is 22.4 Å². The number of amides is 1. The van der Waals surface area contributed by atoms with Gasteiger partial charge in [-0.15, -0.1) is 0 Å². The summed E-state index contributed by atoms with van der Waals surface area (Å²) in [5.74, 6) is 0.484. The van der Waals surface area contributed by atoms with E-state index < -0.39 is 0 Å². The SMILES string of the molecule is CC1(C)CCc2c3c(cc4c(O)cccc24)CC(=O)N31. The number of phenolic OH excluding ortho intramolecular Hbond substituents is 1. The summed E-state index contributed by atoms with van der Waals surface area (Å²) < 4.78 is 0. The molecule has 3 heteroatoms. The Morgan fingerprint density at radius 3 is 2.85 bits per heavy atom. The highest BCUT2D eigenvalue weighted by Crippen LogP contribution is 2.47. The molecule has 2 heterocycles. The Morgan fingerprint density at radius 2 is 2.05 bits per heavy atom. The Kier molecular flexibility index (Phi) is 2.08. The Balaban J connectivity index is 2.12. The predicted octanol–water partition coefficient (Wildman–Crippen LogP) is 3.16. The van der Waals surface area contributed by atoms with Crippen molar-refractivity contribution in [1.29, 1.82) is 0 Å². The van der Waals surface area contributed by atoms with E-state index in [0.717, 1.165) is 34.9 Å². The molecule has 0 saturated heterocycles. The molecule has 0 aliphatic carbocycles. The Hall–Kier alpha value is -2.03. The molecule has 0 atom stereocenters. The van der Waals surface area contributed by atoms with Crippen LogP contribution in [0.1, 0.15) is 31.4 Å². The lowest BCUT2D eigenvalue weighted by Gasteiger charge is -2.41. The van der Waals surface area contributed by atoms with Crippen LogP contribution in [0.25, 0.3) is 10.8 Å². The molecular weight excluding hydrogens is 250 g/mol. The van der Waals surface area contributed by atoms with Crippen LogP contribution in [0.4, 0.5) is 5.69 Å². The van der Waals surface area contributed by atoms with Crippen LogP contribution in [0.5, 0.6) is 5.75 Å². The summed E-state index contributed by atoms with van der Waals surface area (Å²) in [5.41, 5.74) is 3.27. The van der Waals surface area contributed by atoms with Gasteiger partial charge in [-0.3, -0.25) is 4.79 Å². The molecule has 0 aromatic heterocycles. The van der Waals surface area contributed by atoms with Gasteiger partial charge in [0.2, 0.25) is 5.91 Å². The molecule has 2 aromatic carbocycles. The van der Waals surface area contributed by atoms with Crippen LogP contribution in [0.3, 0.4) is 0 Å². The lowest BCUT2D eigenvalue weighted by atomic mass is 9.85. The van der Waals surface area contributed by atoms with E-state index in [1.165, 1.54) is 5.56 Å². The van der Waals surface area contributed by atoms with Crippen LogP contribution >= 0.6 is 0 Å². The smallest absolute Gasteiger partial charge is 0.232 e. The number of anilines is 1. The minimum atomic E-state index is -0.111. The van der Waals surface area contributed by atoms with Crippen LogP contribution in [-0.2, 0) is 17.6 Å². The maximum Gasteiger partial charge on any atom is 0.232 e. The van der Waals surface area contributed by atoms with E-state index in [2.05, 4.69) is 13.8 Å². The summed E-state index contributed by atoms with van der Waals surface area (Å²) in [6.45, 7) is 4.27. The zero-order valence-electron chi connectivity index (χ0n) is 11.7. The van der Waals surface area contributed by atoms with Crippen molar-refractivity contribution in [2.45, 2.75) is 38.6 Å². The van der Waals surface area contributed by atoms with Crippen LogP contribution in [0.15, 0.2) is 24.3 Å². The summed E-state index contributed by atoms with van der Waals surface area (Å²) in [7, 11) is 0. The third-order valence-corrected chi connectivity index (χ3v) is 4.72. The van der Waals surface area contributed by atoms with Gasteiger partial charge in [0.1, 0.15) is 5.75 Å². The van der Waals surface area contributed by atoms with Crippen molar-refractivity contribution in [2.24, 2.45) is 0 Å². The van der Waals surface area contributed by atoms with E-state index in [1.807, 2.05) is 23.1 Å². The first-order chi connectivity index (χ1) is 9.49. The van der Waals surface area contributed by atoms with Crippen molar-refractivity contribution in [1.82, 2.24) is 0 Å². The van der Waals surface area contributed by atoms with E-state index in [1.54, 1.807) is 6.07 Å². The van der Waals surface area contributed by atoms with E-state index in [9.17, 15) is 9.90 Å². The topological polar surface area (TPSA) is 40.5 Å². The van der Waals surface area contributed by atoms with Gasteiger partial charge >= 0.3 is 0 Å². The van der Waals surface area contributed by atoms with Gasteiger partial charge < -0.3 is 10.0 Å². The average Bonchev–Trinajstić information content (AvgIpc) is 2.72. The molecule has 0 fully saturated rings. The third kappa shape index (κ3) is 1.33. The Labute approximate surface area is 117 Å². The molecule has 0 radical (unpaired) electrons. The van der Waals surface area contributed by atoms with Gasteiger partial charge in [0.25, 0.3) is 0 Å². The highest BCUT2D eigenvalue weighted by Gasteiger charge is 2.43. The molecule has 2 aliphatic heterocycles. The normalized spacial score (nSPS) is 19.5. The number of hydrogen-bond acceptors (Lipinski definition) is 2. The minimum absolute atomic E-state index is 0.111. The molecule has 20 heavy (non-hydrogen) atoms. The van der Waals surface area contributed by atoms with Crippen molar-refractivity contribution < 1.29 is 9.90 Å². The molecule has 0 unspecified atom stereocenters. The van der Waals surface area contributed by atoms with Crippen molar-refractivity contribution in [3.63, 3.8) is 0 Å². The van der Waals surface area contributed by atoms with E-state index in [4.69, 9.17) is 0 Å². The quantitative estimate of drug-likeness (QED) is 0.796. The third-order valence-electron chi connectivity index (χ3n) is 4.72. The second-order valence-electron chi connectivity index (χ2n) is 6.45. The molecule has 0 saturated carbocycles. The minimum Gasteiger partial charge on any atom is -0.507 e. The maximum atomic E-state index is 12.4. The number of rotatable bonds is 0. The number of fused-ring (bicyclic) bond motifs is 2. The second-order valence-corrected chi connectivity index (χ2v) is 6.45. The first kappa shape index (κ1) is 11.8. The molecule has 2 aliphatic rings. The van der Waals surface area contributed by atoms with Gasteiger partial charge in [-0.25, -0.2) is 0 Å². The summed E-state index contributed by atoms with van der Waals surface area (Å²) in [5, 5.41) is 12.0. The number of phenols is 1. The van der Waals surface area contributed by atoms with Gasteiger partial charge in [-0.1, -0.05) is 12.1 Å². The zero-order valence-corrected chi connectivity index (χ0v) is 11.7. The van der Waals surface area contributed by atoms with E-state index in [0.29, 0.717) is 12.2 Å². The highest BCUT2D eigenvalue weighted by molar-refractivity contribution is 6.09. The summed E-state index contributed by atoms with van der Waals surface area (Å²) in [6, 6.07) is 7.62. The summed E-state index contributed by atoms with van der Waals surface area (Å²) in [6.07, 6.45) is 2.37. The molecule has 102 valence electrons. The first-order valence-corrected chi connectivity index (χ1v) is 7.08. The molecule has 1 N–H and O–H groups in total. The van der Waals surface area contributed by atoms with Crippen LogP contribution < -0.4 is 4.90 Å². The van der Waals surface area contributed by atoms with Crippen molar-refractivity contribution in [3.05, 3.63) is 35.4 Å². The van der Waals surface area contributed by atoms with Crippen LogP contribution in [-0.4, -0.2) is 16.6 Å². The molecule has 2 aromatic rings. The summed E-state index contributed by atoms with van der Waals surface area (Å²) >= 11 is 0. The summed E-state index contributed by atoms with van der Waals surface area (Å²) in [4.78, 5) is 14.4. The zero-order chi connectivity index (χ0) is 14.1. The standard InChI is InChI=1S/C17H17NO2/c1-17(2)7-6-12-11-4-3-5-14(19)13(11)8-10-9-15(20)18(17)16(10)12/h3-5,8,19H,6-7,9H2,1-2H3. The number of aryl methyl sites for hydroxylation is 1. The van der Waals surface area contributed by atoms with Gasteiger partial charge in [0.05, 0.1) is 12.1 Å². The lowest BCUT2D eigenvalue weighted by molar-refractivity contribution is -0.118. The van der Waals surface area contributed by atoms with Crippen molar-refractivity contribution in [3.8, 4) is 5.75 Å². The van der Waals surface area contributed by atoms with Gasteiger partial charge in [-0.2, -0.15) is 0 Å². The van der Waals surface area contributed by atoms with E-state index in [-0.39, 0.29) is 11.4 Å². The van der Waals surface area contributed by atoms with Gasteiger partial charge in [-0.05, 0) is 55.3 Å². The average molecular weight is 267 g/mol. The second kappa shape index (κ2) is 3.54. The molecule has 0 spiro atoms. The van der Waals surface area contributed by atoms with Crippen LogP contribution in [0, 0.1) is 0 Å². The monoisotopic (exact) mass is 267 g/mol. The largest absolute Gasteiger partial charge is 0.507 e.